The summed E-state index contributed by atoms with van der Waals surface area (Å²) in [4.78, 5) is 24.2. The molecule has 156 valence electrons. The van der Waals surface area contributed by atoms with E-state index in [1.807, 2.05) is 0 Å². The van der Waals surface area contributed by atoms with Gasteiger partial charge in [0, 0.05) is 6.07 Å². The molecule has 0 atom stereocenters. The van der Waals surface area contributed by atoms with Crippen molar-refractivity contribution in [2.24, 2.45) is 0 Å². The van der Waals surface area contributed by atoms with Crippen LogP contribution < -0.4 is 14.9 Å². The van der Waals surface area contributed by atoms with Crippen molar-refractivity contribution in [2.45, 2.75) is 13.1 Å². The Bertz CT molecular complexity index is 1160. The first-order chi connectivity index (χ1) is 14.2. The Balaban J connectivity index is 2.07. The Labute approximate surface area is 168 Å². The van der Waals surface area contributed by atoms with E-state index >= 15 is 0 Å². The molecule has 1 aromatic heterocycles. The zero-order valence-electron chi connectivity index (χ0n) is 15.6. The van der Waals surface area contributed by atoms with E-state index in [9.17, 15) is 22.8 Å². The van der Waals surface area contributed by atoms with Gasteiger partial charge in [-0.05, 0) is 36.8 Å². The number of carbonyl (C=O) groups is 1. The summed E-state index contributed by atoms with van der Waals surface area (Å²) >= 11 is 0. The molecule has 0 aliphatic rings. The van der Waals surface area contributed by atoms with E-state index in [0.717, 1.165) is 11.6 Å². The summed E-state index contributed by atoms with van der Waals surface area (Å²) in [6.07, 6.45) is -4.79. The molecule has 0 fully saturated rings. The van der Waals surface area contributed by atoms with E-state index in [0.29, 0.717) is 0 Å². The summed E-state index contributed by atoms with van der Waals surface area (Å²) in [7, 11) is 0. The minimum absolute atomic E-state index is 0.0528. The van der Waals surface area contributed by atoms with Gasteiger partial charge in [-0.25, -0.2) is 4.79 Å². The number of ether oxygens (including phenoxy) is 3. The number of carbonyl (C=O) groups excluding carboxylic acids is 1. The summed E-state index contributed by atoms with van der Waals surface area (Å²) in [5, 5.41) is -0.183. The maximum Gasteiger partial charge on any atom is 0.514 e. The number of alkyl halides is 3. The maximum absolute atomic E-state index is 13.6. The molecule has 0 radical (unpaired) electrons. The Morgan fingerprint density at radius 1 is 1.17 bits per heavy atom. The average molecular weight is 420 g/mol. The summed E-state index contributed by atoms with van der Waals surface area (Å²) < 4.78 is 60.4. The van der Waals surface area contributed by atoms with Crippen LogP contribution in [0.1, 0.15) is 11.3 Å². The van der Waals surface area contributed by atoms with Crippen LogP contribution in [-0.2, 0) is 10.9 Å². The third kappa shape index (κ3) is 4.62. The van der Waals surface area contributed by atoms with Gasteiger partial charge in [0.15, 0.2) is 0 Å². The van der Waals surface area contributed by atoms with Crippen LogP contribution in [0, 0.1) is 6.92 Å². The Hall–Kier alpha value is -3.75. The molecule has 0 N–H and O–H groups in total. The maximum atomic E-state index is 13.6. The van der Waals surface area contributed by atoms with E-state index in [1.54, 1.807) is 19.1 Å². The molecule has 1 heterocycles. The van der Waals surface area contributed by atoms with Crippen molar-refractivity contribution in [1.29, 1.82) is 0 Å². The average Bonchev–Trinajstić information content (AvgIpc) is 2.67. The highest BCUT2D eigenvalue weighted by Crippen LogP contribution is 2.38. The standard InChI is InChI=1S/C21H15F3O6/c1-3-9-27-20(26)29-14-7-8-15-16(11-14)30-19(21(22,23)24)18(17(15)25)28-13-6-4-5-12(2)10-13/h3-8,10-11H,1,9H2,2H3. The molecule has 9 heteroatoms. The first kappa shape index (κ1) is 21.0. The third-order valence-electron chi connectivity index (χ3n) is 3.81. The van der Waals surface area contributed by atoms with E-state index < -0.39 is 34.9 Å². The lowest BCUT2D eigenvalue weighted by Crippen LogP contribution is -2.16. The number of rotatable bonds is 5. The Morgan fingerprint density at radius 3 is 2.60 bits per heavy atom. The minimum atomic E-state index is -5.01. The topological polar surface area (TPSA) is 75.0 Å². The first-order valence-corrected chi connectivity index (χ1v) is 8.57. The van der Waals surface area contributed by atoms with Crippen molar-refractivity contribution in [3.05, 3.63) is 76.7 Å². The number of aryl methyl sites for hydroxylation is 1. The van der Waals surface area contributed by atoms with Crippen molar-refractivity contribution >= 4 is 17.1 Å². The lowest BCUT2D eigenvalue weighted by molar-refractivity contribution is -0.154. The predicted molar refractivity (Wildman–Crippen MR) is 101 cm³/mol. The molecule has 3 rings (SSSR count). The van der Waals surface area contributed by atoms with E-state index in [4.69, 9.17) is 13.9 Å². The van der Waals surface area contributed by atoms with Crippen molar-refractivity contribution in [2.75, 3.05) is 6.61 Å². The van der Waals surface area contributed by atoms with Gasteiger partial charge in [-0.1, -0.05) is 24.8 Å². The molecule has 0 bridgehead atoms. The smallest absolute Gasteiger partial charge is 0.449 e. The second-order valence-electron chi connectivity index (χ2n) is 6.12. The summed E-state index contributed by atoms with van der Waals surface area (Å²) in [5.41, 5.74) is -0.722. The zero-order valence-corrected chi connectivity index (χ0v) is 15.6. The fraction of sp³-hybridized carbons (Fsp3) is 0.143. The zero-order chi connectivity index (χ0) is 21.9. The van der Waals surface area contributed by atoms with Gasteiger partial charge in [0.1, 0.15) is 23.7 Å². The van der Waals surface area contributed by atoms with Crippen LogP contribution in [-0.4, -0.2) is 12.8 Å². The van der Waals surface area contributed by atoms with Crippen molar-refractivity contribution in [1.82, 2.24) is 0 Å². The van der Waals surface area contributed by atoms with Gasteiger partial charge in [-0.2, -0.15) is 13.2 Å². The number of fused-ring (bicyclic) bond motifs is 1. The lowest BCUT2D eigenvalue weighted by Gasteiger charge is -2.14. The molecule has 0 saturated carbocycles. The van der Waals surface area contributed by atoms with Crippen LogP contribution in [0.2, 0.25) is 0 Å². The van der Waals surface area contributed by atoms with Crippen LogP contribution in [0.4, 0.5) is 18.0 Å². The SMILES string of the molecule is C=CCOC(=O)Oc1ccc2c(=O)c(Oc3cccc(C)c3)c(C(F)(F)F)oc2c1. The van der Waals surface area contributed by atoms with E-state index in [1.165, 1.54) is 30.3 Å². The van der Waals surface area contributed by atoms with Gasteiger partial charge >= 0.3 is 12.3 Å². The molecule has 3 aromatic rings. The van der Waals surface area contributed by atoms with Crippen LogP contribution in [0.5, 0.6) is 17.2 Å². The molecule has 30 heavy (non-hydrogen) atoms. The quantitative estimate of drug-likeness (QED) is 0.303. The second kappa shape index (κ2) is 8.32. The van der Waals surface area contributed by atoms with Crippen molar-refractivity contribution < 1.29 is 36.6 Å². The Kier molecular flexibility index (Phi) is 5.81. The molecule has 6 nitrogen and oxygen atoms in total. The normalized spacial score (nSPS) is 11.2. The van der Waals surface area contributed by atoms with Gasteiger partial charge in [0.25, 0.3) is 5.76 Å². The predicted octanol–water partition coefficient (Wildman–Crippen LogP) is 5.61. The van der Waals surface area contributed by atoms with E-state index in [2.05, 4.69) is 11.3 Å². The molecule has 0 aliphatic carbocycles. The Morgan fingerprint density at radius 2 is 1.93 bits per heavy atom. The van der Waals surface area contributed by atoms with Crippen molar-refractivity contribution in [3.63, 3.8) is 0 Å². The molecule has 0 unspecified atom stereocenters. The third-order valence-corrected chi connectivity index (χ3v) is 3.81. The largest absolute Gasteiger partial charge is 0.514 e. The van der Waals surface area contributed by atoms with Gasteiger partial charge in [0.05, 0.1) is 5.39 Å². The van der Waals surface area contributed by atoms with E-state index in [-0.39, 0.29) is 23.5 Å². The van der Waals surface area contributed by atoms with Crippen LogP contribution in [0.15, 0.2) is 64.3 Å². The summed E-state index contributed by atoms with van der Waals surface area (Å²) in [6, 6.07) is 9.58. The van der Waals surface area contributed by atoms with Crippen molar-refractivity contribution in [3.8, 4) is 17.2 Å². The number of benzene rings is 2. The highest BCUT2D eigenvalue weighted by molar-refractivity contribution is 5.80. The van der Waals surface area contributed by atoms with Crippen LogP contribution >= 0.6 is 0 Å². The van der Waals surface area contributed by atoms with Crippen LogP contribution in [0.3, 0.4) is 0 Å². The molecular weight excluding hydrogens is 405 g/mol. The van der Waals surface area contributed by atoms with Gasteiger partial charge < -0.3 is 18.6 Å². The fourth-order valence-corrected chi connectivity index (χ4v) is 2.55. The van der Waals surface area contributed by atoms with Gasteiger partial charge in [-0.3, -0.25) is 4.79 Å². The van der Waals surface area contributed by atoms with Gasteiger partial charge in [0.2, 0.25) is 11.2 Å². The van der Waals surface area contributed by atoms with Gasteiger partial charge in [-0.15, -0.1) is 0 Å². The summed E-state index contributed by atoms with van der Waals surface area (Å²) in [6.45, 7) is 4.98. The fourth-order valence-electron chi connectivity index (χ4n) is 2.55. The number of halogens is 3. The molecule has 0 spiro atoms. The first-order valence-electron chi connectivity index (χ1n) is 8.57. The molecule has 0 aliphatic heterocycles. The highest BCUT2D eigenvalue weighted by Gasteiger charge is 2.40. The molecule has 0 saturated heterocycles. The second-order valence-corrected chi connectivity index (χ2v) is 6.12. The molecule has 2 aromatic carbocycles. The molecular formula is C21H15F3O6. The minimum Gasteiger partial charge on any atom is -0.449 e. The highest BCUT2D eigenvalue weighted by atomic mass is 19.4. The number of hydrogen-bond acceptors (Lipinski definition) is 6. The van der Waals surface area contributed by atoms with Crippen LogP contribution in [0.25, 0.3) is 11.0 Å². The molecule has 0 amide bonds. The number of hydrogen-bond donors (Lipinski definition) is 0. The summed E-state index contributed by atoms with van der Waals surface area (Å²) in [5.74, 6) is -2.70. The lowest BCUT2D eigenvalue weighted by atomic mass is 10.2. The monoisotopic (exact) mass is 420 g/mol.